The number of fused-ring (bicyclic) bond motifs is 4. The van der Waals surface area contributed by atoms with E-state index in [-0.39, 0.29) is 28.2 Å². The number of H-pyrrole nitrogens is 1. The molecule has 8 rings (SSSR count). The van der Waals surface area contributed by atoms with Gasteiger partial charge in [-0.15, -0.1) is 0 Å². The summed E-state index contributed by atoms with van der Waals surface area (Å²) in [7, 11) is 2.17. The number of nitrogens with one attached hydrogen (secondary N) is 1. The van der Waals surface area contributed by atoms with Gasteiger partial charge in [0.1, 0.15) is 5.82 Å². The van der Waals surface area contributed by atoms with Gasteiger partial charge in [-0.3, -0.25) is 4.79 Å². The number of aromatic carboxylic acids is 1. The second kappa shape index (κ2) is 12.0. The minimum Gasteiger partial charge on any atom is -0.478 e. The first-order valence-electron chi connectivity index (χ1n) is 17.4. The van der Waals surface area contributed by atoms with E-state index in [1.165, 1.54) is 27.8 Å². The maximum atomic E-state index is 14.4. The van der Waals surface area contributed by atoms with Crippen LogP contribution in [0.4, 0.5) is 0 Å². The summed E-state index contributed by atoms with van der Waals surface area (Å²) < 4.78 is 0. The Kier molecular flexibility index (Phi) is 7.64. The van der Waals surface area contributed by atoms with Gasteiger partial charge < -0.3 is 19.9 Å². The van der Waals surface area contributed by atoms with Crippen LogP contribution < -0.4 is 0 Å². The summed E-state index contributed by atoms with van der Waals surface area (Å²) in [6, 6.07) is 30.0. The van der Waals surface area contributed by atoms with Crippen LogP contribution in [0.25, 0.3) is 28.0 Å². The van der Waals surface area contributed by atoms with Gasteiger partial charge >= 0.3 is 5.97 Å². The lowest BCUT2D eigenvalue weighted by molar-refractivity contribution is 0.0679. The van der Waals surface area contributed by atoms with E-state index in [1.54, 1.807) is 12.1 Å². The lowest BCUT2D eigenvalue weighted by Crippen LogP contribution is -2.48. The lowest BCUT2D eigenvalue weighted by Gasteiger charge is -2.50. The average molecular weight is 663 g/mol. The third kappa shape index (κ3) is 5.28. The second-order valence-electron chi connectivity index (χ2n) is 15.0. The predicted octanol–water partition coefficient (Wildman–Crippen LogP) is 8.41. The van der Waals surface area contributed by atoms with Gasteiger partial charge in [-0.1, -0.05) is 105 Å². The van der Waals surface area contributed by atoms with E-state index in [9.17, 15) is 14.7 Å². The van der Waals surface area contributed by atoms with Crippen molar-refractivity contribution in [1.82, 2.24) is 19.8 Å². The molecule has 2 atom stereocenters. The molecule has 1 aliphatic carbocycles. The van der Waals surface area contributed by atoms with Gasteiger partial charge in [0.2, 0.25) is 0 Å². The Morgan fingerprint density at radius 1 is 0.900 bits per heavy atom. The molecule has 0 radical (unpaired) electrons. The lowest BCUT2D eigenvalue weighted by atomic mass is 9.58. The molecular formula is C43H42N4O3. The number of benzene rings is 4. The summed E-state index contributed by atoms with van der Waals surface area (Å²) in [4.78, 5) is 38.9. The molecule has 50 heavy (non-hydrogen) atoms. The Balaban J connectivity index is 1.09. The van der Waals surface area contributed by atoms with Crippen LogP contribution in [0.1, 0.15) is 76.1 Å². The number of carbonyl (C=O) groups excluding carboxylic acids is 1. The number of hydrogen-bond donors (Lipinski definition) is 2. The van der Waals surface area contributed by atoms with E-state index < -0.39 is 5.97 Å². The van der Waals surface area contributed by atoms with Crippen molar-refractivity contribution in [3.8, 4) is 11.4 Å². The van der Waals surface area contributed by atoms with Gasteiger partial charge in [-0.25, -0.2) is 9.78 Å². The topological polar surface area (TPSA) is 89.5 Å². The highest BCUT2D eigenvalue weighted by Crippen LogP contribution is 2.55. The van der Waals surface area contributed by atoms with Crippen molar-refractivity contribution >= 4 is 28.5 Å². The molecule has 1 unspecified atom stereocenters. The summed E-state index contributed by atoms with van der Waals surface area (Å²) >= 11 is 0. The molecule has 0 spiro atoms. The minimum absolute atomic E-state index is 0.000303. The van der Waals surface area contributed by atoms with Gasteiger partial charge in [0, 0.05) is 48.5 Å². The van der Waals surface area contributed by atoms with E-state index in [4.69, 9.17) is 4.98 Å². The smallest absolute Gasteiger partial charge is 0.335 e. The van der Waals surface area contributed by atoms with Crippen LogP contribution in [0.15, 0.2) is 109 Å². The number of likely N-dealkylation sites (N-methyl/N-ethyl adjacent to an activating group) is 1. The Labute approximate surface area is 293 Å². The first-order chi connectivity index (χ1) is 24.0. The predicted molar refractivity (Wildman–Crippen MR) is 198 cm³/mol. The quantitative estimate of drug-likeness (QED) is 0.185. The van der Waals surface area contributed by atoms with Crippen LogP contribution in [0.3, 0.4) is 0 Å². The molecule has 1 amide bonds. The Morgan fingerprint density at radius 3 is 2.40 bits per heavy atom. The van der Waals surface area contributed by atoms with E-state index in [0.717, 1.165) is 41.7 Å². The molecular weight excluding hydrogens is 620 g/mol. The number of carbonyl (C=O) groups is 2. The van der Waals surface area contributed by atoms with Crippen molar-refractivity contribution in [3.05, 3.63) is 142 Å². The summed E-state index contributed by atoms with van der Waals surface area (Å²) in [6.07, 6.45) is 5.32. The zero-order valence-corrected chi connectivity index (χ0v) is 29.0. The molecule has 2 aliphatic heterocycles. The molecule has 5 aromatic rings. The zero-order chi connectivity index (χ0) is 34.8. The van der Waals surface area contributed by atoms with E-state index >= 15 is 0 Å². The fraction of sp³-hybridized carbons (Fsp3) is 0.279. The van der Waals surface area contributed by atoms with Gasteiger partial charge in [0.05, 0.1) is 22.2 Å². The first kappa shape index (κ1) is 32.0. The molecule has 0 saturated heterocycles. The van der Waals surface area contributed by atoms with Crippen LogP contribution in [0.5, 0.6) is 0 Å². The summed E-state index contributed by atoms with van der Waals surface area (Å²) in [6.45, 7) is 9.65. The summed E-state index contributed by atoms with van der Waals surface area (Å²) in [5.74, 6) is 0.0647. The normalized spacial score (nSPS) is 21.6. The van der Waals surface area contributed by atoms with Crippen molar-refractivity contribution in [3.63, 3.8) is 0 Å². The van der Waals surface area contributed by atoms with Crippen LogP contribution in [-0.4, -0.2) is 63.4 Å². The van der Waals surface area contributed by atoms with E-state index in [0.29, 0.717) is 24.5 Å². The first-order valence-corrected chi connectivity index (χ1v) is 17.4. The highest BCUT2D eigenvalue weighted by atomic mass is 16.4. The maximum absolute atomic E-state index is 14.4. The Bertz CT molecular complexity index is 2210. The number of carboxylic acids is 1. The van der Waals surface area contributed by atoms with Crippen molar-refractivity contribution in [2.24, 2.45) is 10.8 Å². The monoisotopic (exact) mass is 662 g/mol. The third-order valence-electron chi connectivity index (χ3n) is 11.3. The molecule has 7 nitrogen and oxygen atoms in total. The van der Waals surface area contributed by atoms with Crippen molar-refractivity contribution in [1.29, 1.82) is 0 Å². The molecule has 1 aromatic heterocycles. The number of imidazole rings is 1. The zero-order valence-electron chi connectivity index (χ0n) is 29.0. The van der Waals surface area contributed by atoms with Gasteiger partial charge in [0.25, 0.3) is 5.91 Å². The molecule has 2 N–H and O–H groups in total. The van der Waals surface area contributed by atoms with Crippen molar-refractivity contribution < 1.29 is 14.7 Å². The number of aromatic nitrogens is 2. The summed E-state index contributed by atoms with van der Waals surface area (Å²) in [5, 5.41) is 9.38. The number of carboxylic acid groups (broad SMARTS) is 1. The molecule has 3 aliphatic rings. The molecule has 4 aromatic carbocycles. The third-order valence-corrected chi connectivity index (χ3v) is 11.3. The number of hydrogen-bond acceptors (Lipinski definition) is 4. The fourth-order valence-electron chi connectivity index (χ4n) is 8.89. The molecule has 0 bridgehead atoms. The second-order valence-corrected chi connectivity index (χ2v) is 15.0. The molecule has 0 saturated carbocycles. The van der Waals surface area contributed by atoms with E-state index in [2.05, 4.69) is 92.3 Å². The Morgan fingerprint density at radius 2 is 1.64 bits per heavy atom. The van der Waals surface area contributed by atoms with Gasteiger partial charge in [0.15, 0.2) is 0 Å². The van der Waals surface area contributed by atoms with Crippen LogP contribution in [0, 0.1) is 10.8 Å². The van der Waals surface area contributed by atoms with Crippen LogP contribution >= 0.6 is 0 Å². The SMILES string of the molecule is CN1Cc2c(ccc3nc(-c4ccccc4C(=O)N4CC=C5C(C)(C)C(c6ccc(C(=O)O)cc6)=CC[C@]5(C)C4)[nH]c23)C(c2ccccc2)C1. The summed E-state index contributed by atoms with van der Waals surface area (Å²) in [5.41, 5.74) is 10.6. The Hall–Kier alpha value is -5.27. The maximum Gasteiger partial charge on any atom is 0.335 e. The molecule has 0 fully saturated rings. The molecule has 252 valence electrons. The van der Waals surface area contributed by atoms with Crippen molar-refractivity contribution in [2.45, 2.75) is 39.7 Å². The highest BCUT2D eigenvalue weighted by molar-refractivity contribution is 6.01. The molecule has 7 heteroatoms. The van der Waals surface area contributed by atoms with Gasteiger partial charge in [-0.05, 0) is 65.6 Å². The standard InChI is InChI=1S/C43H42N4O3/c1-42(2)35(28-14-16-29(17-15-28)41(49)50)20-22-43(3)26-47(23-21-37(42)43)40(48)32-13-9-8-12-31(32)39-44-36-19-18-30-33(27-10-6-5-7-11-27)24-46(4)25-34(30)38(36)45-39/h5-21,33H,22-26H2,1-4H3,(H,44,45)(H,49,50)/t33?,43-/m1/s1. The van der Waals surface area contributed by atoms with Crippen LogP contribution in [-0.2, 0) is 6.54 Å². The minimum atomic E-state index is -0.925. The number of allylic oxidation sites excluding steroid dienone is 2. The molecule has 3 heterocycles. The largest absolute Gasteiger partial charge is 0.478 e. The fourth-order valence-corrected chi connectivity index (χ4v) is 8.89. The number of rotatable bonds is 5. The van der Waals surface area contributed by atoms with Crippen molar-refractivity contribution in [2.75, 3.05) is 26.7 Å². The average Bonchev–Trinajstić information content (AvgIpc) is 3.56. The number of aromatic amines is 1. The van der Waals surface area contributed by atoms with Gasteiger partial charge in [-0.2, -0.15) is 0 Å². The number of amides is 1. The van der Waals surface area contributed by atoms with Crippen LogP contribution in [0.2, 0.25) is 0 Å². The highest BCUT2D eigenvalue weighted by Gasteiger charge is 2.46. The van der Waals surface area contributed by atoms with E-state index in [1.807, 2.05) is 41.3 Å². The number of nitrogens with zero attached hydrogens (tertiary/aromatic N) is 3.